The minimum absolute atomic E-state index is 0.141. The van der Waals surface area contributed by atoms with Crippen molar-refractivity contribution in [1.82, 2.24) is 19.8 Å². The summed E-state index contributed by atoms with van der Waals surface area (Å²) in [5.41, 5.74) is 3.87. The standard InChI is InChI=1S/C20H22N4O4/c1-12-7-16(21-23(12)4)10-24(20(25)19-13(2)22-28-14(19)3)9-15-5-6-17-18(8-15)27-11-26-17/h5-8H,9-11H2,1-4H3. The van der Waals surface area contributed by atoms with E-state index >= 15 is 0 Å². The van der Waals surface area contributed by atoms with Gasteiger partial charge in [-0.2, -0.15) is 5.10 Å². The van der Waals surface area contributed by atoms with Crippen LogP contribution in [-0.4, -0.2) is 32.5 Å². The van der Waals surface area contributed by atoms with Crippen LogP contribution in [0.15, 0.2) is 28.8 Å². The third-order valence-electron chi connectivity index (χ3n) is 4.86. The van der Waals surface area contributed by atoms with Gasteiger partial charge in [-0.25, -0.2) is 0 Å². The minimum atomic E-state index is -0.141. The van der Waals surface area contributed by atoms with Crippen molar-refractivity contribution in [3.63, 3.8) is 0 Å². The van der Waals surface area contributed by atoms with E-state index in [0.717, 1.165) is 17.0 Å². The molecular weight excluding hydrogens is 360 g/mol. The lowest BCUT2D eigenvalue weighted by Crippen LogP contribution is -2.31. The molecule has 1 aromatic carbocycles. The second-order valence-electron chi connectivity index (χ2n) is 6.95. The predicted molar refractivity (Wildman–Crippen MR) is 100 cm³/mol. The Morgan fingerprint density at radius 1 is 1.14 bits per heavy atom. The van der Waals surface area contributed by atoms with Crippen molar-refractivity contribution in [2.45, 2.75) is 33.9 Å². The lowest BCUT2D eigenvalue weighted by molar-refractivity contribution is 0.0725. The number of benzene rings is 1. The van der Waals surface area contributed by atoms with Crippen LogP contribution in [0, 0.1) is 20.8 Å². The molecule has 8 nitrogen and oxygen atoms in total. The number of hydrogen-bond acceptors (Lipinski definition) is 6. The molecule has 0 aliphatic carbocycles. The largest absolute Gasteiger partial charge is 0.454 e. The molecule has 1 aliphatic rings. The fraction of sp³-hybridized carbons (Fsp3) is 0.350. The van der Waals surface area contributed by atoms with Crippen LogP contribution >= 0.6 is 0 Å². The number of carbonyl (C=O) groups is 1. The van der Waals surface area contributed by atoms with Crippen LogP contribution in [-0.2, 0) is 20.1 Å². The van der Waals surface area contributed by atoms with Gasteiger partial charge >= 0.3 is 0 Å². The van der Waals surface area contributed by atoms with Gasteiger partial charge in [-0.05, 0) is 44.5 Å². The molecule has 1 amide bonds. The van der Waals surface area contributed by atoms with Crippen LogP contribution in [0.25, 0.3) is 0 Å². The zero-order chi connectivity index (χ0) is 19.8. The third kappa shape index (κ3) is 3.33. The lowest BCUT2D eigenvalue weighted by atomic mass is 10.1. The second kappa shape index (κ2) is 7.03. The van der Waals surface area contributed by atoms with Crippen molar-refractivity contribution >= 4 is 5.91 Å². The maximum Gasteiger partial charge on any atom is 0.260 e. The summed E-state index contributed by atoms with van der Waals surface area (Å²) in [6.07, 6.45) is 0. The Bertz CT molecular complexity index is 998. The molecule has 146 valence electrons. The van der Waals surface area contributed by atoms with E-state index in [4.69, 9.17) is 14.0 Å². The highest BCUT2D eigenvalue weighted by Gasteiger charge is 2.25. The maximum absolute atomic E-state index is 13.3. The van der Waals surface area contributed by atoms with E-state index in [2.05, 4.69) is 10.3 Å². The van der Waals surface area contributed by atoms with Crippen LogP contribution in [0.4, 0.5) is 0 Å². The van der Waals surface area contributed by atoms with Crippen LogP contribution in [0.5, 0.6) is 11.5 Å². The summed E-state index contributed by atoms with van der Waals surface area (Å²) in [7, 11) is 1.89. The Morgan fingerprint density at radius 3 is 2.61 bits per heavy atom. The molecule has 0 fully saturated rings. The molecule has 8 heteroatoms. The molecule has 4 rings (SSSR count). The number of aromatic nitrogens is 3. The topological polar surface area (TPSA) is 82.6 Å². The summed E-state index contributed by atoms with van der Waals surface area (Å²) in [4.78, 5) is 15.1. The average Bonchev–Trinajstić information content (AvgIpc) is 3.34. The zero-order valence-electron chi connectivity index (χ0n) is 16.4. The van der Waals surface area contributed by atoms with Gasteiger partial charge in [-0.1, -0.05) is 11.2 Å². The van der Waals surface area contributed by atoms with Gasteiger partial charge in [0.15, 0.2) is 11.5 Å². The Kier molecular flexibility index (Phi) is 4.54. The molecule has 0 unspecified atom stereocenters. The number of rotatable bonds is 5. The normalized spacial score (nSPS) is 12.4. The summed E-state index contributed by atoms with van der Waals surface area (Å²) >= 11 is 0. The number of fused-ring (bicyclic) bond motifs is 1. The van der Waals surface area contributed by atoms with Gasteiger partial charge in [-0.15, -0.1) is 0 Å². The van der Waals surface area contributed by atoms with Crippen LogP contribution < -0.4 is 9.47 Å². The van der Waals surface area contributed by atoms with Crippen LogP contribution in [0.2, 0.25) is 0 Å². The van der Waals surface area contributed by atoms with Gasteiger partial charge < -0.3 is 18.9 Å². The SMILES string of the molecule is Cc1noc(C)c1C(=O)N(Cc1ccc2c(c1)OCO2)Cc1cc(C)n(C)n1. The molecule has 0 spiro atoms. The van der Waals surface area contributed by atoms with Crippen molar-refractivity contribution in [2.24, 2.45) is 7.05 Å². The predicted octanol–water partition coefficient (Wildman–Crippen LogP) is 2.90. The van der Waals surface area contributed by atoms with E-state index in [1.54, 1.807) is 23.4 Å². The third-order valence-corrected chi connectivity index (χ3v) is 4.86. The van der Waals surface area contributed by atoms with E-state index < -0.39 is 0 Å². The quantitative estimate of drug-likeness (QED) is 0.675. The van der Waals surface area contributed by atoms with E-state index in [1.165, 1.54) is 0 Å². The fourth-order valence-corrected chi connectivity index (χ4v) is 3.31. The molecule has 28 heavy (non-hydrogen) atoms. The summed E-state index contributed by atoms with van der Waals surface area (Å²) in [5.74, 6) is 1.77. The van der Waals surface area contributed by atoms with Crippen LogP contribution in [0.3, 0.4) is 0 Å². The van der Waals surface area contributed by atoms with E-state index in [0.29, 0.717) is 41.6 Å². The first-order valence-corrected chi connectivity index (χ1v) is 9.02. The monoisotopic (exact) mass is 382 g/mol. The van der Waals surface area contributed by atoms with Gasteiger partial charge in [0.2, 0.25) is 6.79 Å². The van der Waals surface area contributed by atoms with E-state index in [1.807, 2.05) is 38.2 Å². The summed E-state index contributed by atoms with van der Waals surface area (Å²) in [6, 6.07) is 7.68. The molecule has 0 atom stereocenters. The van der Waals surface area contributed by atoms with Crippen molar-refractivity contribution in [3.05, 3.63) is 58.2 Å². The lowest BCUT2D eigenvalue weighted by Gasteiger charge is -2.22. The minimum Gasteiger partial charge on any atom is -0.454 e. The number of amides is 1. The second-order valence-corrected chi connectivity index (χ2v) is 6.95. The molecule has 0 saturated carbocycles. The summed E-state index contributed by atoms with van der Waals surface area (Å²) in [6.45, 7) is 6.49. The number of aryl methyl sites for hydroxylation is 4. The van der Waals surface area contributed by atoms with Gasteiger partial charge in [0.1, 0.15) is 11.3 Å². The van der Waals surface area contributed by atoms with Crippen molar-refractivity contribution in [1.29, 1.82) is 0 Å². The fourth-order valence-electron chi connectivity index (χ4n) is 3.31. The number of hydrogen-bond donors (Lipinski definition) is 0. The Hall–Kier alpha value is -3.29. The first-order chi connectivity index (χ1) is 13.4. The van der Waals surface area contributed by atoms with Crippen LogP contribution in [0.1, 0.15) is 38.8 Å². The molecule has 0 radical (unpaired) electrons. The molecule has 0 N–H and O–H groups in total. The average molecular weight is 382 g/mol. The first-order valence-electron chi connectivity index (χ1n) is 9.02. The number of nitrogens with zero attached hydrogens (tertiary/aromatic N) is 4. The Morgan fingerprint density at radius 2 is 1.93 bits per heavy atom. The van der Waals surface area contributed by atoms with Gasteiger partial charge in [0.25, 0.3) is 5.91 Å². The molecule has 3 heterocycles. The van der Waals surface area contributed by atoms with Gasteiger partial charge in [-0.3, -0.25) is 9.48 Å². The highest BCUT2D eigenvalue weighted by molar-refractivity contribution is 5.96. The van der Waals surface area contributed by atoms with E-state index in [9.17, 15) is 4.79 Å². The number of carbonyl (C=O) groups excluding carboxylic acids is 1. The smallest absolute Gasteiger partial charge is 0.260 e. The van der Waals surface area contributed by atoms with Crippen molar-refractivity contribution < 1.29 is 18.8 Å². The maximum atomic E-state index is 13.3. The Balaban J connectivity index is 1.65. The molecule has 3 aromatic rings. The zero-order valence-corrected chi connectivity index (χ0v) is 16.4. The molecule has 2 aromatic heterocycles. The van der Waals surface area contributed by atoms with Crippen molar-refractivity contribution in [2.75, 3.05) is 6.79 Å². The molecule has 1 aliphatic heterocycles. The van der Waals surface area contributed by atoms with E-state index in [-0.39, 0.29) is 12.7 Å². The van der Waals surface area contributed by atoms with Crippen molar-refractivity contribution in [3.8, 4) is 11.5 Å². The van der Waals surface area contributed by atoms with Gasteiger partial charge in [0.05, 0.1) is 17.9 Å². The first kappa shape index (κ1) is 18.1. The summed E-state index contributed by atoms with van der Waals surface area (Å²) < 4.78 is 17.8. The Labute approximate surface area is 162 Å². The molecular formula is C20H22N4O4. The summed E-state index contributed by atoms with van der Waals surface area (Å²) in [5, 5.41) is 8.42. The highest BCUT2D eigenvalue weighted by Crippen LogP contribution is 2.33. The molecule has 0 saturated heterocycles. The molecule has 0 bridgehead atoms. The highest BCUT2D eigenvalue weighted by atomic mass is 16.7. The number of ether oxygens (including phenoxy) is 2. The van der Waals surface area contributed by atoms with Gasteiger partial charge in [0, 0.05) is 19.3 Å².